The van der Waals surface area contributed by atoms with Crippen LogP contribution >= 0.6 is 0 Å². The van der Waals surface area contributed by atoms with Gasteiger partial charge in [0.05, 0.1) is 7.11 Å². The fourth-order valence-corrected chi connectivity index (χ4v) is 3.18. The van der Waals surface area contributed by atoms with Crippen LogP contribution in [0, 0.1) is 12.8 Å². The van der Waals surface area contributed by atoms with Gasteiger partial charge in [-0.1, -0.05) is 30.3 Å². The number of benzene rings is 2. The number of nitrogens with zero attached hydrogens (tertiary/aromatic N) is 4. The molecular formula is C19H19N5O2. The number of anilines is 1. The summed E-state index contributed by atoms with van der Waals surface area (Å²) in [5, 5.41) is 14.5. The van der Waals surface area contributed by atoms with Crippen LogP contribution in [0.3, 0.4) is 0 Å². The topological polar surface area (TPSA) is 81.9 Å². The predicted molar refractivity (Wildman–Crippen MR) is 96.4 cm³/mol. The largest absolute Gasteiger partial charge is 0.494 e. The summed E-state index contributed by atoms with van der Waals surface area (Å²) in [6, 6.07) is 15.6. The van der Waals surface area contributed by atoms with Crippen LogP contribution in [0.1, 0.15) is 23.7 Å². The maximum atomic E-state index is 12.6. The summed E-state index contributed by atoms with van der Waals surface area (Å²) in [6.07, 6.45) is 0.880. The first-order chi connectivity index (χ1) is 12.7. The van der Waals surface area contributed by atoms with Crippen molar-refractivity contribution >= 4 is 11.6 Å². The van der Waals surface area contributed by atoms with Crippen molar-refractivity contribution in [3.05, 3.63) is 59.9 Å². The fourth-order valence-electron chi connectivity index (χ4n) is 3.18. The standard InChI is InChI=1S/C19H19N5O2/c1-12-21-22-23-24(12)17-10-14(8-9-18(17)26-2)20-19(25)16-11-15(16)13-6-4-3-5-7-13/h3-10,15-16H,11H2,1-2H3,(H,20,25)/t15-,16-/m1/s1. The van der Waals surface area contributed by atoms with Crippen molar-refractivity contribution in [2.45, 2.75) is 19.3 Å². The van der Waals surface area contributed by atoms with Gasteiger partial charge in [0.2, 0.25) is 5.91 Å². The maximum absolute atomic E-state index is 12.6. The van der Waals surface area contributed by atoms with Gasteiger partial charge in [-0.25, -0.2) is 0 Å². The number of ether oxygens (including phenoxy) is 1. The van der Waals surface area contributed by atoms with Crippen molar-refractivity contribution in [3.8, 4) is 11.4 Å². The molecule has 0 unspecified atom stereocenters. The molecule has 1 aliphatic carbocycles. The Morgan fingerprint density at radius 1 is 1.23 bits per heavy atom. The van der Waals surface area contributed by atoms with Gasteiger partial charge in [-0.15, -0.1) is 5.10 Å². The third-order valence-corrected chi connectivity index (χ3v) is 4.65. The van der Waals surface area contributed by atoms with E-state index in [1.165, 1.54) is 5.56 Å². The first kappa shape index (κ1) is 16.3. The van der Waals surface area contributed by atoms with Crippen molar-refractivity contribution in [1.29, 1.82) is 0 Å². The minimum Gasteiger partial charge on any atom is -0.494 e. The van der Waals surface area contributed by atoms with Crippen LogP contribution in [0.4, 0.5) is 5.69 Å². The molecule has 2 atom stereocenters. The number of aryl methyl sites for hydroxylation is 1. The summed E-state index contributed by atoms with van der Waals surface area (Å²) in [5.74, 6) is 1.61. The van der Waals surface area contributed by atoms with Crippen LogP contribution in [0.25, 0.3) is 5.69 Å². The minimum atomic E-state index is 0.0118. The van der Waals surface area contributed by atoms with Gasteiger partial charge in [-0.2, -0.15) is 4.68 Å². The lowest BCUT2D eigenvalue weighted by Crippen LogP contribution is -2.15. The van der Waals surface area contributed by atoms with E-state index >= 15 is 0 Å². The number of tetrazole rings is 1. The van der Waals surface area contributed by atoms with Gasteiger partial charge >= 0.3 is 0 Å². The molecule has 0 aliphatic heterocycles. The molecule has 4 rings (SSSR count). The number of methoxy groups -OCH3 is 1. The van der Waals surface area contributed by atoms with Crippen molar-refractivity contribution in [2.24, 2.45) is 5.92 Å². The smallest absolute Gasteiger partial charge is 0.228 e. The minimum absolute atomic E-state index is 0.0118. The lowest BCUT2D eigenvalue weighted by atomic mass is 10.1. The van der Waals surface area contributed by atoms with Gasteiger partial charge < -0.3 is 10.1 Å². The zero-order valence-electron chi connectivity index (χ0n) is 14.6. The highest BCUT2D eigenvalue weighted by atomic mass is 16.5. The molecule has 7 heteroatoms. The molecule has 0 spiro atoms. The Bertz CT molecular complexity index is 938. The third-order valence-electron chi connectivity index (χ3n) is 4.65. The molecule has 0 bridgehead atoms. The molecule has 3 aromatic rings. The molecule has 26 heavy (non-hydrogen) atoms. The van der Waals surface area contributed by atoms with Crippen molar-refractivity contribution in [2.75, 3.05) is 12.4 Å². The Kier molecular flexibility index (Phi) is 4.12. The third kappa shape index (κ3) is 3.03. The Hall–Kier alpha value is -3.22. The van der Waals surface area contributed by atoms with E-state index in [1.54, 1.807) is 24.8 Å². The zero-order valence-corrected chi connectivity index (χ0v) is 14.6. The average molecular weight is 349 g/mol. The number of amides is 1. The zero-order chi connectivity index (χ0) is 18.1. The summed E-state index contributed by atoms with van der Waals surface area (Å²) >= 11 is 0. The Labute approximate surface area is 151 Å². The second-order valence-corrected chi connectivity index (χ2v) is 6.37. The highest BCUT2D eigenvalue weighted by Gasteiger charge is 2.43. The summed E-state index contributed by atoms with van der Waals surface area (Å²) in [5.41, 5.74) is 2.59. The first-order valence-corrected chi connectivity index (χ1v) is 8.46. The van der Waals surface area contributed by atoms with Crippen LogP contribution in [-0.2, 0) is 4.79 Å². The van der Waals surface area contributed by atoms with Gasteiger partial charge in [-0.3, -0.25) is 4.79 Å². The van der Waals surface area contributed by atoms with E-state index < -0.39 is 0 Å². The second-order valence-electron chi connectivity index (χ2n) is 6.37. The van der Waals surface area contributed by atoms with Gasteiger partial charge in [0.15, 0.2) is 5.82 Å². The summed E-state index contributed by atoms with van der Waals surface area (Å²) in [4.78, 5) is 12.6. The molecule has 1 aliphatic rings. The Morgan fingerprint density at radius 3 is 2.73 bits per heavy atom. The van der Waals surface area contributed by atoms with E-state index in [1.807, 2.05) is 30.3 Å². The lowest BCUT2D eigenvalue weighted by molar-refractivity contribution is -0.117. The lowest BCUT2D eigenvalue weighted by Gasteiger charge is -2.12. The highest BCUT2D eigenvalue weighted by molar-refractivity contribution is 5.95. The molecule has 0 radical (unpaired) electrons. The maximum Gasteiger partial charge on any atom is 0.228 e. The number of aromatic nitrogens is 4. The van der Waals surface area contributed by atoms with Crippen LogP contribution in [0.5, 0.6) is 5.75 Å². The van der Waals surface area contributed by atoms with Crippen molar-refractivity contribution in [3.63, 3.8) is 0 Å². The number of rotatable bonds is 5. The number of carbonyl (C=O) groups is 1. The number of hydrogen-bond donors (Lipinski definition) is 1. The van der Waals surface area contributed by atoms with Gasteiger partial charge in [-0.05, 0) is 53.5 Å². The van der Waals surface area contributed by atoms with Gasteiger partial charge in [0.1, 0.15) is 11.4 Å². The van der Waals surface area contributed by atoms with Crippen LogP contribution in [-0.4, -0.2) is 33.2 Å². The van der Waals surface area contributed by atoms with E-state index in [-0.39, 0.29) is 11.8 Å². The molecule has 1 amide bonds. The molecule has 132 valence electrons. The van der Waals surface area contributed by atoms with E-state index in [0.29, 0.717) is 28.9 Å². The molecule has 7 nitrogen and oxygen atoms in total. The fraction of sp³-hybridized carbons (Fsp3) is 0.263. The molecule has 1 aromatic heterocycles. The summed E-state index contributed by atoms with van der Waals surface area (Å²) in [7, 11) is 1.59. The monoisotopic (exact) mass is 349 g/mol. The molecule has 1 N–H and O–H groups in total. The first-order valence-electron chi connectivity index (χ1n) is 8.46. The quantitative estimate of drug-likeness (QED) is 0.766. The van der Waals surface area contributed by atoms with Gasteiger partial charge in [0.25, 0.3) is 0 Å². The molecule has 1 heterocycles. The number of nitrogens with one attached hydrogen (secondary N) is 1. The highest BCUT2D eigenvalue weighted by Crippen LogP contribution is 2.48. The van der Waals surface area contributed by atoms with Crippen LogP contribution in [0.2, 0.25) is 0 Å². The normalized spacial score (nSPS) is 18.4. The molecule has 2 aromatic carbocycles. The molecular weight excluding hydrogens is 330 g/mol. The average Bonchev–Trinajstić information content (AvgIpc) is 3.37. The Balaban J connectivity index is 1.52. The molecule has 1 saturated carbocycles. The van der Waals surface area contributed by atoms with E-state index in [2.05, 4.69) is 33.0 Å². The number of hydrogen-bond acceptors (Lipinski definition) is 5. The summed E-state index contributed by atoms with van der Waals surface area (Å²) in [6.45, 7) is 1.80. The van der Waals surface area contributed by atoms with Crippen molar-refractivity contribution in [1.82, 2.24) is 20.2 Å². The van der Waals surface area contributed by atoms with Crippen LogP contribution in [0.15, 0.2) is 48.5 Å². The SMILES string of the molecule is COc1ccc(NC(=O)[C@@H]2C[C@@H]2c2ccccc2)cc1-n1nnnc1C. The van der Waals surface area contributed by atoms with Gasteiger partial charge in [0, 0.05) is 11.6 Å². The predicted octanol–water partition coefficient (Wildman–Crippen LogP) is 2.72. The van der Waals surface area contributed by atoms with E-state index in [4.69, 9.17) is 4.74 Å². The molecule has 0 saturated heterocycles. The Morgan fingerprint density at radius 2 is 2.04 bits per heavy atom. The van der Waals surface area contributed by atoms with Crippen LogP contribution < -0.4 is 10.1 Å². The van der Waals surface area contributed by atoms with E-state index in [9.17, 15) is 4.79 Å². The second kappa shape index (κ2) is 6.59. The summed E-state index contributed by atoms with van der Waals surface area (Å²) < 4.78 is 6.97. The number of carbonyl (C=O) groups excluding carboxylic acids is 1. The molecule has 1 fully saturated rings. The van der Waals surface area contributed by atoms with E-state index in [0.717, 1.165) is 6.42 Å². The van der Waals surface area contributed by atoms with Crippen molar-refractivity contribution < 1.29 is 9.53 Å².